The lowest BCUT2D eigenvalue weighted by Crippen LogP contribution is -1.98. The highest BCUT2D eigenvalue weighted by Gasteiger charge is 2.28. The van der Waals surface area contributed by atoms with Crippen LogP contribution >= 0.6 is 0 Å². The molecule has 11 rings (SSSR count). The molecule has 8 aromatic rings. The molecule has 0 bridgehead atoms. The van der Waals surface area contributed by atoms with Gasteiger partial charge in [0.25, 0.3) is 0 Å². The zero-order valence-electron chi connectivity index (χ0n) is 25.3. The minimum absolute atomic E-state index is 0.962. The van der Waals surface area contributed by atoms with E-state index < -0.39 is 0 Å². The molecule has 1 aromatic heterocycles. The minimum Gasteiger partial charge on any atom is -0.309 e. The first kappa shape index (κ1) is 24.6. The number of fused-ring (bicyclic) bond motifs is 13. The van der Waals surface area contributed by atoms with Crippen LogP contribution in [0.25, 0.3) is 72.2 Å². The molecular weight excluding hydrogens is 555 g/mol. The highest BCUT2D eigenvalue weighted by Crippen LogP contribution is 2.48. The summed E-state index contributed by atoms with van der Waals surface area (Å²) in [5, 5.41) is 5.38. The monoisotopic (exact) mass is 583 g/mol. The second-order valence-electron chi connectivity index (χ2n) is 13.2. The van der Waals surface area contributed by atoms with Crippen molar-refractivity contribution >= 4 is 44.2 Å². The van der Waals surface area contributed by atoms with Crippen LogP contribution in [0.2, 0.25) is 0 Å². The van der Waals surface area contributed by atoms with Crippen LogP contribution in [-0.4, -0.2) is 4.57 Å². The van der Waals surface area contributed by atoms with Crippen molar-refractivity contribution in [1.29, 1.82) is 0 Å². The van der Waals surface area contributed by atoms with E-state index in [4.69, 9.17) is 0 Å². The van der Waals surface area contributed by atoms with Gasteiger partial charge in [-0.25, -0.2) is 0 Å². The van der Waals surface area contributed by atoms with E-state index in [9.17, 15) is 0 Å². The first-order valence-corrected chi connectivity index (χ1v) is 16.4. The molecule has 214 valence electrons. The first-order valence-electron chi connectivity index (χ1n) is 16.4. The number of hydrogen-bond donors (Lipinski definition) is 0. The molecule has 0 aliphatic heterocycles. The Kier molecular flexibility index (Phi) is 4.80. The van der Waals surface area contributed by atoms with E-state index in [0.717, 1.165) is 19.3 Å². The van der Waals surface area contributed by atoms with Gasteiger partial charge < -0.3 is 4.57 Å². The zero-order chi connectivity index (χ0) is 29.9. The van der Waals surface area contributed by atoms with Gasteiger partial charge in [0.1, 0.15) is 0 Å². The predicted molar refractivity (Wildman–Crippen MR) is 193 cm³/mol. The molecule has 0 saturated carbocycles. The van der Waals surface area contributed by atoms with E-state index in [-0.39, 0.29) is 0 Å². The van der Waals surface area contributed by atoms with Crippen LogP contribution < -0.4 is 0 Å². The molecule has 7 aromatic carbocycles. The average molecular weight is 584 g/mol. The van der Waals surface area contributed by atoms with Gasteiger partial charge in [-0.15, -0.1) is 0 Å². The van der Waals surface area contributed by atoms with E-state index in [1.165, 1.54) is 105 Å². The number of benzene rings is 7. The van der Waals surface area contributed by atoms with Crippen LogP contribution in [0.5, 0.6) is 0 Å². The van der Waals surface area contributed by atoms with E-state index >= 15 is 0 Å². The van der Waals surface area contributed by atoms with Gasteiger partial charge in [0.05, 0.1) is 16.7 Å². The molecule has 0 fully saturated rings. The van der Waals surface area contributed by atoms with Crippen molar-refractivity contribution in [1.82, 2.24) is 4.57 Å². The molecule has 0 N–H and O–H groups in total. The summed E-state index contributed by atoms with van der Waals surface area (Å²) in [5.74, 6) is 0. The molecule has 0 saturated heterocycles. The Morgan fingerprint density at radius 2 is 1.22 bits per heavy atom. The molecule has 0 spiro atoms. The van der Waals surface area contributed by atoms with Crippen molar-refractivity contribution < 1.29 is 0 Å². The van der Waals surface area contributed by atoms with E-state index in [1.807, 2.05) is 0 Å². The summed E-state index contributed by atoms with van der Waals surface area (Å²) < 4.78 is 2.55. The SMILES string of the molecule is C1=C(c2ccc3c(c2)-c2c(cc(-n4c5ccccc5c5c6c(ccc54)-c4ccccc4C6)c4ccccc24)C3)Cc2ccccc21. The predicted octanol–water partition coefficient (Wildman–Crippen LogP) is 11.2. The van der Waals surface area contributed by atoms with Gasteiger partial charge in [-0.05, 0) is 116 Å². The van der Waals surface area contributed by atoms with Gasteiger partial charge in [-0.1, -0.05) is 115 Å². The standard InChI is InChI=1S/C45H29N/c1-2-10-28-22-32(21-27(28)9-1)29-17-18-31-23-33-26-43(36-13-5-6-14-37(36)44(33)39(31)24-29)46-41-16-8-7-15-38(41)45-40-25-30-11-3-4-12-34(30)35(40)19-20-42(45)46/h1-21,24,26H,22-23,25H2. The zero-order valence-corrected chi connectivity index (χ0v) is 25.3. The molecule has 0 amide bonds. The molecule has 1 heteroatoms. The van der Waals surface area contributed by atoms with Gasteiger partial charge in [-0.3, -0.25) is 0 Å². The molecule has 3 aliphatic rings. The van der Waals surface area contributed by atoms with Crippen LogP contribution in [0, 0.1) is 0 Å². The fraction of sp³-hybridized carbons (Fsp3) is 0.0667. The summed E-state index contributed by atoms with van der Waals surface area (Å²) in [4.78, 5) is 0. The minimum atomic E-state index is 0.962. The molecule has 1 heterocycles. The van der Waals surface area contributed by atoms with Gasteiger partial charge in [0.15, 0.2) is 0 Å². The number of allylic oxidation sites excluding steroid dienone is 1. The summed E-state index contributed by atoms with van der Waals surface area (Å²) >= 11 is 0. The number of para-hydroxylation sites is 1. The third-order valence-electron chi connectivity index (χ3n) is 10.9. The summed E-state index contributed by atoms with van der Waals surface area (Å²) in [6, 6.07) is 50.2. The summed E-state index contributed by atoms with van der Waals surface area (Å²) in [6.07, 6.45) is 5.33. The lowest BCUT2D eigenvalue weighted by Gasteiger charge is -2.16. The Morgan fingerprint density at radius 1 is 0.457 bits per heavy atom. The van der Waals surface area contributed by atoms with Crippen LogP contribution in [0.3, 0.4) is 0 Å². The molecule has 0 atom stereocenters. The third-order valence-corrected chi connectivity index (χ3v) is 10.9. The average Bonchev–Trinajstić information content (AvgIpc) is 3.87. The Hall–Kier alpha value is -5.66. The van der Waals surface area contributed by atoms with Crippen molar-refractivity contribution in [2.45, 2.75) is 19.3 Å². The fourth-order valence-corrected chi connectivity index (χ4v) is 8.84. The quantitative estimate of drug-likeness (QED) is 0.191. The topological polar surface area (TPSA) is 4.93 Å². The van der Waals surface area contributed by atoms with Crippen molar-refractivity contribution in [3.05, 3.63) is 172 Å². The first-order chi connectivity index (χ1) is 22.8. The second kappa shape index (κ2) is 8.96. The highest BCUT2D eigenvalue weighted by molar-refractivity contribution is 6.15. The van der Waals surface area contributed by atoms with E-state index in [1.54, 1.807) is 0 Å². The Labute approximate surface area is 267 Å². The van der Waals surface area contributed by atoms with Gasteiger partial charge in [0, 0.05) is 16.2 Å². The smallest absolute Gasteiger partial charge is 0.0544 e. The maximum Gasteiger partial charge on any atom is 0.0544 e. The highest BCUT2D eigenvalue weighted by atomic mass is 15.0. The lowest BCUT2D eigenvalue weighted by molar-refractivity contribution is 1.17. The van der Waals surface area contributed by atoms with Crippen molar-refractivity contribution in [2.75, 3.05) is 0 Å². The van der Waals surface area contributed by atoms with Gasteiger partial charge >= 0.3 is 0 Å². The van der Waals surface area contributed by atoms with Crippen LogP contribution in [0.1, 0.15) is 38.9 Å². The Balaban J connectivity index is 1.14. The number of hydrogen-bond acceptors (Lipinski definition) is 0. The van der Waals surface area contributed by atoms with E-state index in [2.05, 4.69) is 144 Å². The van der Waals surface area contributed by atoms with Gasteiger partial charge in [-0.2, -0.15) is 0 Å². The largest absolute Gasteiger partial charge is 0.309 e. The maximum absolute atomic E-state index is 2.55. The number of nitrogens with zero attached hydrogens (tertiary/aromatic N) is 1. The molecule has 46 heavy (non-hydrogen) atoms. The van der Waals surface area contributed by atoms with Gasteiger partial charge in [0.2, 0.25) is 0 Å². The summed E-state index contributed by atoms with van der Waals surface area (Å²) in [7, 11) is 0. The van der Waals surface area contributed by atoms with Crippen LogP contribution in [0.15, 0.2) is 133 Å². The number of rotatable bonds is 2. The van der Waals surface area contributed by atoms with Crippen LogP contribution in [0.4, 0.5) is 0 Å². The third kappa shape index (κ3) is 3.25. The Morgan fingerprint density at radius 3 is 2.13 bits per heavy atom. The Bertz CT molecular complexity index is 2660. The second-order valence-corrected chi connectivity index (χ2v) is 13.2. The normalized spacial score (nSPS) is 14.0. The molecule has 0 radical (unpaired) electrons. The van der Waals surface area contributed by atoms with E-state index in [0.29, 0.717) is 0 Å². The maximum atomic E-state index is 2.55. The lowest BCUT2D eigenvalue weighted by atomic mass is 9.94. The van der Waals surface area contributed by atoms with Crippen molar-refractivity contribution in [3.63, 3.8) is 0 Å². The summed E-state index contributed by atoms with van der Waals surface area (Å²) in [6.45, 7) is 0. The fourth-order valence-electron chi connectivity index (χ4n) is 8.84. The van der Waals surface area contributed by atoms with Crippen LogP contribution in [-0.2, 0) is 19.3 Å². The van der Waals surface area contributed by atoms with Crippen molar-refractivity contribution in [2.24, 2.45) is 0 Å². The molecular formula is C45H29N. The summed E-state index contributed by atoms with van der Waals surface area (Å²) in [5.41, 5.74) is 20.7. The van der Waals surface area contributed by atoms with Crippen molar-refractivity contribution in [3.8, 4) is 27.9 Å². The number of aromatic nitrogens is 1. The molecule has 1 nitrogen and oxygen atoms in total. The molecule has 0 unspecified atom stereocenters. The molecule has 3 aliphatic carbocycles.